The van der Waals surface area contributed by atoms with Gasteiger partial charge in [-0.15, -0.1) is 0 Å². The van der Waals surface area contributed by atoms with Crippen LogP contribution in [0.25, 0.3) is 10.8 Å². The number of nitrogens with two attached hydrogens (primary N) is 1. The number of amides is 2. The van der Waals surface area contributed by atoms with E-state index in [2.05, 4.69) is 24.3 Å². The van der Waals surface area contributed by atoms with E-state index in [-0.39, 0.29) is 0 Å². The smallest absolute Gasteiger partial charge is 0.311 e. The summed E-state index contributed by atoms with van der Waals surface area (Å²) in [5.41, 5.74) is 6.08. The maximum absolute atomic E-state index is 11.3. The van der Waals surface area contributed by atoms with Gasteiger partial charge >= 0.3 is 11.8 Å². The summed E-state index contributed by atoms with van der Waals surface area (Å²) < 4.78 is 0. The monoisotopic (exact) mass is 256 g/mol. The topological polar surface area (TPSA) is 63.4 Å². The van der Waals surface area contributed by atoms with Crippen LogP contribution in [0.2, 0.25) is 0 Å². The van der Waals surface area contributed by atoms with E-state index in [1.165, 1.54) is 15.7 Å². The van der Waals surface area contributed by atoms with Gasteiger partial charge in [-0.25, -0.2) is 0 Å². The van der Waals surface area contributed by atoms with Gasteiger partial charge in [-0.3, -0.25) is 9.59 Å². The molecule has 0 radical (unpaired) electrons. The van der Waals surface area contributed by atoms with E-state index in [1.54, 1.807) is 7.05 Å². The van der Waals surface area contributed by atoms with Crippen molar-refractivity contribution in [2.45, 2.75) is 6.42 Å². The van der Waals surface area contributed by atoms with Gasteiger partial charge < -0.3 is 10.6 Å². The third-order valence-corrected chi connectivity index (χ3v) is 3.11. The van der Waals surface area contributed by atoms with Crippen molar-refractivity contribution in [3.05, 3.63) is 48.0 Å². The molecule has 0 atom stereocenters. The minimum Gasteiger partial charge on any atom is -0.361 e. The van der Waals surface area contributed by atoms with Gasteiger partial charge in [0.05, 0.1) is 0 Å². The van der Waals surface area contributed by atoms with E-state index in [4.69, 9.17) is 5.73 Å². The standard InChI is InChI=1S/C15H16N2O2/c1-17(15(19)14(16)18)9-8-11-6-7-12-4-2-3-5-13(12)10-11/h2-7,10H,8-9H2,1H3,(H2,16,18). The largest absolute Gasteiger partial charge is 0.361 e. The zero-order chi connectivity index (χ0) is 13.8. The molecule has 4 nitrogen and oxygen atoms in total. The Morgan fingerprint density at radius 2 is 1.79 bits per heavy atom. The number of benzene rings is 2. The summed E-state index contributed by atoms with van der Waals surface area (Å²) in [6.07, 6.45) is 0.695. The molecule has 98 valence electrons. The fourth-order valence-corrected chi connectivity index (χ4v) is 1.98. The average Bonchev–Trinajstić information content (AvgIpc) is 2.43. The first-order valence-corrected chi connectivity index (χ1v) is 6.10. The number of primary amides is 1. The highest BCUT2D eigenvalue weighted by molar-refractivity contribution is 6.34. The minimum absolute atomic E-state index is 0.472. The summed E-state index contributed by atoms with van der Waals surface area (Å²) in [4.78, 5) is 23.4. The van der Waals surface area contributed by atoms with Crippen molar-refractivity contribution in [3.8, 4) is 0 Å². The molecule has 0 unspecified atom stereocenters. The van der Waals surface area contributed by atoms with Crippen molar-refractivity contribution in [1.82, 2.24) is 4.90 Å². The summed E-state index contributed by atoms with van der Waals surface area (Å²) in [5.74, 6) is -1.57. The van der Waals surface area contributed by atoms with Crippen LogP contribution >= 0.6 is 0 Å². The first-order chi connectivity index (χ1) is 9.08. The van der Waals surface area contributed by atoms with E-state index in [0.717, 1.165) is 5.56 Å². The van der Waals surface area contributed by atoms with Crippen molar-refractivity contribution >= 4 is 22.6 Å². The van der Waals surface area contributed by atoms with Crippen LogP contribution in [-0.2, 0) is 16.0 Å². The number of carbonyl (C=O) groups is 2. The number of hydrogen-bond acceptors (Lipinski definition) is 2. The molecule has 19 heavy (non-hydrogen) atoms. The van der Waals surface area contributed by atoms with Crippen molar-refractivity contribution in [3.63, 3.8) is 0 Å². The Morgan fingerprint density at radius 3 is 2.47 bits per heavy atom. The maximum atomic E-state index is 11.3. The molecular formula is C15H16N2O2. The summed E-state index contributed by atoms with van der Waals surface area (Å²) in [6.45, 7) is 0.472. The van der Waals surface area contributed by atoms with E-state index in [1.807, 2.05) is 18.2 Å². The fourth-order valence-electron chi connectivity index (χ4n) is 1.98. The molecule has 2 rings (SSSR count). The molecule has 0 aliphatic heterocycles. The molecule has 0 heterocycles. The number of hydrogen-bond donors (Lipinski definition) is 1. The fraction of sp³-hybridized carbons (Fsp3) is 0.200. The number of carbonyl (C=O) groups excluding carboxylic acids is 2. The molecule has 2 aromatic rings. The minimum atomic E-state index is -0.916. The third kappa shape index (κ3) is 3.10. The van der Waals surface area contributed by atoms with Crippen LogP contribution in [0.1, 0.15) is 5.56 Å². The van der Waals surface area contributed by atoms with E-state index >= 15 is 0 Å². The molecule has 2 N–H and O–H groups in total. The first-order valence-electron chi connectivity index (χ1n) is 6.10. The maximum Gasteiger partial charge on any atom is 0.311 e. The van der Waals surface area contributed by atoms with Crippen molar-refractivity contribution in [1.29, 1.82) is 0 Å². The second-order valence-electron chi connectivity index (χ2n) is 4.52. The van der Waals surface area contributed by atoms with Gasteiger partial charge in [-0.2, -0.15) is 0 Å². The molecule has 2 amide bonds. The lowest BCUT2D eigenvalue weighted by atomic mass is 10.1. The lowest BCUT2D eigenvalue weighted by Crippen LogP contribution is -2.38. The number of nitrogens with zero attached hydrogens (tertiary/aromatic N) is 1. The molecule has 0 bridgehead atoms. The predicted molar refractivity (Wildman–Crippen MR) is 74.5 cm³/mol. The molecule has 0 aromatic heterocycles. The van der Waals surface area contributed by atoms with Gasteiger partial charge in [-0.1, -0.05) is 42.5 Å². The first kappa shape index (κ1) is 13.1. The lowest BCUT2D eigenvalue weighted by molar-refractivity contribution is -0.143. The molecule has 0 aliphatic rings. The normalized spacial score (nSPS) is 10.4. The Bertz CT molecular complexity index is 622. The van der Waals surface area contributed by atoms with E-state index < -0.39 is 11.8 Å². The van der Waals surface area contributed by atoms with Crippen LogP contribution in [0, 0.1) is 0 Å². The van der Waals surface area contributed by atoms with Gasteiger partial charge in [0, 0.05) is 13.6 Å². The van der Waals surface area contributed by atoms with Crippen LogP contribution in [0.4, 0.5) is 0 Å². The van der Waals surface area contributed by atoms with Crippen LogP contribution in [0.5, 0.6) is 0 Å². The highest BCUT2D eigenvalue weighted by atomic mass is 16.2. The molecule has 0 saturated heterocycles. The lowest BCUT2D eigenvalue weighted by Gasteiger charge is -2.15. The second kappa shape index (κ2) is 5.52. The van der Waals surface area contributed by atoms with Crippen LogP contribution in [-0.4, -0.2) is 30.3 Å². The van der Waals surface area contributed by atoms with Crippen molar-refractivity contribution in [2.24, 2.45) is 5.73 Å². The summed E-state index contributed by atoms with van der Waals surface area (Å²) >= 11 is 0. The molecule has 2 aromatic carbocycles. The van der Waals surface area contributed by atoms with Gasteiger partial charge in [0.1, 0.15) is 0 Å². The quantitative estimate of drug-likeness (QED) is 0.842. The SMILES string of the molecule is CN(CCc1ccc2ccccc2c1)C(=O)C(N)=O. The van der Waals surface area contributed by atoms with E-state index in [0.29, 0.717) is 13.0 Å². The molecular weight excluding hydrogens is 240 g/mol. The molecule has 0 spiro atoms. The van der Waals surface area contributed by atoms with Gasteiger partial charge in [0.25, 0.3) is 0 Å². The van der Waals surface area contributed by atoms with Crippen molar-refractivity contribution < 1.29 is 9.59 Å². The van der Waals surface area contributed by atoms with Crippen LogP contribution in [0.15, 0.2) is 42.5 Å². The Kier molecular flexibility index (Phi) is 3.80. The summed E-state index contributed by atoms with van der Waals surface area (Å²) in [7, 11) is 1.58. The molecule has 4 heteroatoms. The molecule has 0 saturated carbocycles. The second-order valence-corrected chi connectivity index (χ2v) is 4.52. The van der Waals surface area contributed by atoms with Gasteiger partial charge in [0.15, 0.2) is 0 Å². The highest BCUT2D eigenvalue weighted by Crippen LogP contribution is 2.16. The number of rotatable bonds is 3. The number of fused-ring (bicyclic) bond motifs is 1. The summed E-state index contributed by atoms with van der Waals surface area (Å²) in [5, 5.41) is 2.36. The Labute approximate surface area is 111 Å². The Morgan fingerprint density at radius 1 is 1.11 bits per heavy atom. The summed E-state index contributed by atoms with van der Waals surface area (Å²) in [6, 6.07) is 14.3. The average molecular weight is 256 g/mol. The zero-order valence-corrected chi connectivity index (χ0v) is 10.8. The van der Waals surface area contributed by atoms with Crippen LogP contribution in [0.3, 0.4) is 0 Å². The van der Waals surface area contributed by atoms with Crippen molar-refractivity contribution in [2.75, 3.05) is 13.6 Å². The molecule has 0 aliphatic carbocycles. The van der Waals surface area contributed by atoms with Gasteiger partial charge in [-0.05, 0) is 22.8 Å². The predicted octanol–water partition coefficient (Wildman–Crippen LogP) is 1.33. The third-order valence-electron chi connectivity index (χ3n) is 3.11. The zero-order valence-electron chi connectivity index (χ0n) is 10.8. The Balaban J connectivity index is 2.05. The molecule has 0 fully saturated rings. The van der Waals surface area contributed by atoms with Crippen LogP contribution < -0.4 is 5.73 Å². The highest BCUT2D eigenvalue weighted by Gasteiger charge is 2.14. The van der Waals surface area contributed by atoms with Gasteiger partial charge in [0.2, 0.25) is 0 Å². The van der Waals surface area contributed by atoms with E-state index in [9.17, 15) is 9.59 Å². The Hall–Kier alpha value is -2.36. The number of likely N-dealkylation sites (N-methyl/N-ethyl adjacent to an activating group) is 1.